The lowest BCUT2D eigenvalue weighted by Crippen LogP contribution is -2.30. The maximum atomic E-state index is 12.3. The van der Waals surface area contributed by atoms with Gasteiger partial charge in [0.2, 0.25) is 11.7 Å². The molecule has 1 aliphatic rings. The molecule has 142 valence electrons. The summed E-state index contributed by atoms with van der Waals surface area (Å²) in [5, 5.41) is 10.8. The summed E-state index contributed by atoms with van der Waals surface area (Å²) in [6.07, 6.45) is 0.489. The number of hydrogen-bond acceptors (Lipinski definition) is 6. The average molecular weight is 441 g/mol. The lowest BCUT2D eigenvalue weighted by atomic mass is 10.1. The lowest BCUT2D eigenvalue weighted by Gasteiger charge is -2.05. The second-order valence-electron chi connectivity index (χ2n) is 6.36. The van der Waals surface area contributed by atoms with Crippen molar-refractivity contribution in [3.63, 3.8) is 0 Å². The van der Waals surface area contributed by atoms with Crippen LogP contribution in [0.3, 0.4) is 0 Å². The van der Waals surface area contributed by atoms with E-state index in [2.05, 4.69) is 36.5 Å². The highest BCUT2D eigenvalue weighted by atomic mass is 79.9. The number of hydrogen-bond donors (Lipinski definition) is 1. The van der Waals surface area contributed by atoms with Crippen molar-refractivity contribution in [1.29, 1.82) is 0 Å². The lowest BCUT2D eigenvalue weighted by molar-refractivity contribution is -0.115. The maximum absolute atomic E-state index is 12.3. The van der Waals surface area contributed by atoms with Crippen LogP contribution in [0.15, 0.2) is 68.7 Å². The van der Waals surface area contributed by atoms with Crippen LogP contribution >= 0.6 is 15.9 Å². The van der Waals surface area contributed by atoms with Crippen molar-refractivity contribution in [2.75, 3.05) is 0 Å². The monoisotopic (exact) mass is 440 g/mol. The van der Waals surface area contributed by atoms with Crippen LogP contribution < -0.4 is 5.32 Å². The van der Waals surface area contributed by atoms with Crippen molar-refractivity contribution in [1.82, 2.24) is 15.5 Å². The molecule has 3 aromatic rings. The second kappa shape index (κ2) is 8.35. The number of halogens is 1. The van der Waals surface area contributed by atoms with Crippen LogP contribution in [-0.4, -0.2) is 27.9 Å². The standard InChI is InChI=1S/C20H17BrN4O3/c21-15-8-4-7-14(9-15)19-23-18(28-25-19)11-16-10-17(24-27-16)20(26)22-12-13-5-2-1-3-6-13/h1-9,16H,10-12H2,(H,22,26)/t16-/m1/s1. The molecule has 4 rings (SSSR count). The molecule has 8 heteroatoms. The zero-order chi connectivity index (χ0) is 19.3. The van der Waals surface area contributed by atoms with Crippen molar-refractivity contribution in [3.8, 4) is 11.4 Å². The van der Waals surface area contributed by atoms with E-state index in [-0.39, 0.29) is 12.0 Å². The van der Waals surface area contributed by atoms with Crippen LogP contribution in [0, 0.1) is 0 Å². The first-order valence-corrected chi connectivity index (χ1v) is 9.60. The number of nitrogens with zero attached hydrogens (tertiary/aromatic N) is 3. The van der Waals surface area contributed by atoms with Gasteiger partial charge in [0, 0.05) is 23.0 Å². The Morgan fingerprint density at radius 1 is 1.18 bits per heavy atom. The first kappa shape index (κ1) is 18.4. The smallest absolute Gasteiger partial charge is 0.269 e. The SMILES string of the molecule is O=C(NCc1ccccc1)C1=NO[C@@H](Cc2nc(-c3cccc(Br)c3)no2)C1. The van der Waals surface area contributed by atoms with Crippen LogP contribution in [0.1, 0.15) is 17.9 Å². The van der Waals surface area contributed by atoms with E-state index < -0.39 is 0 Å². The molecule has 1 amide bonds. The van der Waals surface area contributed by atoms with Gasteiger partial charge in [0.15, 0.2) is 0 Å². The third-order valence-corrected chi connectivity index (χ3v) is 4.74. The molecule has 0 unspecified atom stereocenters. The molecule has 1 atom stereocenters. The van der Waals surface area contributed by atoms with E-state index in [9.17, 15) is 4.79 Å². The minimum atomic E-state index is -0.298. The van der Waals surface area contributed by atoms with Gasteiger partial charge < -0.3 is 14.7 Å². The number of carbonyl (C=O) groups is 1. The van der Waals surface area contributed by atoms with Gasteiger partial charge in [-0.2, -0.15) is 4.98 Å². The van der Waals surface area contributed by atoms with Crippen LogP contribution in [0.2, 0.25) is 0 Å². The van der Waals surface area contributed by atoms with Crippen LogP contribution in [0.25, 0.3) is 11.4 Å². The number of carbonyl (C=O) groups excluding carboxylic acids is 1. The zero-order valence-electron chi connectivity index (χ0n) is 14.8. The van der Waals surface area contributed by atoms with Gasteiger partial charge in [-0.3, -0.25) is 4.79 Å². The highest BCUT2D eigenvalue weighted by Gasteiger charge is 2.28. The molecule has 1 aromatic heterocycles. The Bertz CT molecular complexity index is 1000. The Hall–Kier alpha value is -3.00. The highest BCUT2D eigenvalue weighted by molar-refractivity contribution is 9.10. The van der Waals surface area contributed by atoms with Gasteiger partial charge in [-0.1, -0.05) is 68.7 Å². The fourth-order valence-corrected chi connectivity index (χ4v) is 3.23. The molecule has 1 aliphatic heterocycles. The first-order valence-electron chi connectivity index (χ1n) is 8.81. The molecule has 0 bridgehead atoms. The normalized spacial score (nSPS) is 15.8. The van der Waals surface area contributed by atoms with E-state index in [4.69, 9.17) is 9.36 Å². The molecule has 2 aromatic carbocycles. The van der Waals surface area contributed by atoms with E-state index in [1.807, 2.05) is 54.6 Å². The van der Waals surface area contributed by atoms with Gasteiger partial charge in [-0.05, 0) is 17.7 Å². The quantitative estimate of drug-likeness (QED) is 0.633. The Balaban J connectivity index is 1.30. The van der Waals surface area contributed by atoms with Gasteiger partial charge in [-0.15, -0.1) is 0 Å². The second-order valence-corrected chi connectivity index (χ2v) is 7.28. The number of amides is 1. The average Bonchev–Trinajstić information content (AvgIpc) is 3.37. The summed E-state index contributed by atoms with van der Waals surface area (Å²) in [5.41, 5.74) is 2.25. The summed E-state index contributed by atoms with van der Waals surface area (Å²) in [4.78, 5) is 22.0. The highest BCUT2D eigenvalue weighted by Crippen LogP contribution is 2.22. The fraction of sp³-hybridized carbons (Fsp3) is 0.200. The number of rotatable bonds is 6. The Labute approximate surface area is 169 Å². The Morgan fingerprint density at radius 3 is 2.86 bits per heavy atom. The van der Waals surface area contributed by atoms with E-state index in [0.29, 0.717) is 36.8 Å². The predicted molar refractivity (Wildman–Crippen MR) is 106 cm³/mol. The molecule has 0 radical (unpaired) electrons. The first-order chi connectivity index (χ1) is 13.7. The summed E-state index contributed by atoms with van der Waals surface area (Å²) < 4.78 is 6.25. The molecular formula is C20H17BrN4O3. The number of benzene rings is 2. The van der Waals surface area contributed by atoms with Crippen molar-refractivity contribution in [3.05, 3.63) is 70.5 Å². The third kappa shape index (κ3) is 4.45. The van der Waals surface area contributed by atoms with Crippen molar-refractivity contribution < 1.29 is 14.2 Å². The van der Waals surface area contributed by atoms with Gasteiger partial charge in [0.25, 0.3) is 5.91 Å². The van der Waals surface area contributed by atoms with Crippen LogP contribution in [0.4, 0.5) is 0 Å². The summed E-state index contributed by atoms with van der Waals surface area (Å²) in [6.45, 7) is 0.447. The molecule has 7 nitrogen and oxygen atoms in total. The topological polar surface area (TPSA) is 89.6 Å². The van der Waals surface area contributed by atoms with E-state index in [0.717, 1.165) is 15.6 Å². The summed E-state index contributed by atoms with van der Waals surface area (Å²) in [6, 6.07) is 17.4. The van der Waals surface area contributed by atoms with Gasteiger partial charge in [0.05, 0.1) is 6.42 Å². The maximum Gasteiger partial charge on any atom is 0.269 e. The van der Waals surface area contributed by atoms with Crippen molar-refractivity contribution in [2.45, 2.75) is 25.5 Å². The molecular weight excluding hydrogens is 424 g/mol. The number of nitrogens with one attached hydrogen (secondary N) is 1. The Kier molecular flexibility index (Phi) is 5.48. The summed E-state index contributed by atoms with van der Waals surface area (Å²) >= 11 is 3.43. The largest absolute Gasteiger partial charge is 0.391 e. The Morgan fingerprint density at radius 2 is 2.04 bits per heavy atom. The fourth-order valence-electron chi connectivity index (χ4n) is 2.83. The molecule has 0 aliphatic carbocycles. The predicted octanol–water partition coefficient (Wildman–Crippen LogP) is 3.50. The van der Waals surface area contributed by atoms with Crippen LogP contribution in [0.5, 0.6) is 0 Å². The van der Waals surface area contributed by atoms with Gasteiger partial charge >= 0.3 is 0 Å². The van der Waals surface area contributed by atoms with Gasteiger partial charge in [-0.25, -0.2) is 0 Å². The molecule has 0 spiro atoms. The molecule has 0 saturated carbocycles. The summed E-state index contributed by atoms with van der Waals surface area (Å²) in [5.74, 6) is 0.726. The van der Waals surface area contributed by atoms with E-state index >= 15 is 0 Å². The third-order valence-electron chi connectivity index (χ3n) is 4.24. The molecule has 1 N–H and O–H groups in total. The van der Waals surface area contributed by atoms with Crippen molar-refractivity contribution in [2.24, 2.45) is 5.16 Å². The molecule has 0 fully saturated rings. The van der Waals surface area contributed by atoms with E-state index in [1.165, 1.54) is 0 Å². The molecule has 0 saturated heterocycles. The van der Waals surface area contributed by atoms with E-state index in [1.54, 1.807) is 0 Å². The zero-order valence-corrected chi connectivity index (χ0v) is 16.4. The minimum absolute atomic E-state index is 0.230. The van der Waals surface area contributed by atoms with Crippen LogP contribution in [-0.2, 0) is 22.6 Å². The number of aromatic nitrogens is 2. The number of oxime groups is 1. The molecule has 28 heavy (non-hydrogen) atoms. The van der Waals surface area contributed by atoms with Crippen molar-refractivity contribution >= 4 is 27.5 Å². The minimum Gasteiger partial charge on any atom is -0.391 e. The van der Waals surface area contributed by atoms with Gasteiger partial charge in [0.1, 0.15) is 11.8 Å². The molecule has 2 heterocycles. The summed E-state index contributed by atoms with van der Waals surface area (Å²) in [7, 11) is 0.